The summed E-state index contributed by atoms with van der Waals surface area (Å²) in [7, 11) is 0. The molecule has 0 saturated heterocycles. The molecule has 74 valence electrons. The number of nitrogens with one attached hydrogen (secondary N) is 1. The number of H-pyrrole nitrogens is 1. The van der Waals surface area contributed by atoms with Crippen LogP contribution in [-0.2, 0) is 0 Å². The first kappa shape index (κ1) is 10.4. The lowest BCUT2D eigenvalue weighted by atomic mass is 10.2. The number of aryl methyl sites for hydroxylation is 1. The Bertz CT molecular complexity index is 509. The summed E-state index contributed by atoms with van der Waals surface area (Å²) in [6.45, 7) is 5.68. The summed E-state index contributed by atoms with van der Waals surface area (Å²) in [6.07, 6.45) is 7.42. The fourth-order valence-corrected chi connectivity index (χ4v) is 1.29. The molecule has 0 aliphatic heterocycles. The van der Waals surface area contributed by atoms with E-state index in [-0.39, 0.29) is 5.56 Å². The van der Waals surface area contributed by atoms with E-state index in [1.807, 2.05) is 39.0 Å². The van der Waals surface area contributed by atoms with Crippen LogP contribution < -0.4 is 16.0 Å². The monoisotopic (exact) mass is 190 g/mol. The van der Waals surface area contributed by atoms with Gasteiger partial charge in [-0.3, -0.25) is 4.79 Å². The van der Waals surface area contributed by atoms with Crippen LogP contribution in [0.15, 0.2) is 16.9 Å². The maximum atomic E-state index is 11.5. The van der Waals surface area contributed by atoms with E-state index in [1.165, 1.54) is 0 Å². The van der Waals surface area contributed by atoms with Crippen LogP contribution in [0, 0.1) is 6.92 Å². The van der Waals surface area contributed by atoms with E-state index < -0.39 is 0 Å². The molecule has 3 heteroatoms. The average molecular weight is 190 g/mol. The number of nitrogens with zero attached hydrogens (tertiary/aromatic N) is 1. The Morgan fingerprint density at radius 3 is 2.57 bits per heavy atom. The van der Waals surface area contributed by atoms with Gasteiger partial charge in [0, 0.05) is 10.4 Å². The molecule has 0 saturated carbocycles. The molecule has 0 amide bonds. The van der Waals surface area contributed by atoms with Crippen molar-refractivity contribution in [3.05, 3.63) is 38.6 Å². The summed E-state index contributed by atoms with van der Waals surface area (Å²) in [4.78, 5) is 11.5. The van der Waals surface area contributed by atoms with Gasteiger partial charge < -0.3 is 0 Å². The fourth-order valence-electron chi connectivity index (χ4n) is 1.29. The standard InChI is InChI=1S/C11H14N2O/c1-4-6-7-10-9(5-2)8(3)12-13-11(10)14/h4-7H,1-3H3,(H,13,14)/b6-4-,9-5-,10-7+. The summed E-state index contributed by atoms with van der Waals surface area (Å²) in [5, 5.41) is 7.93. The van der Waals surface area contributed by atoms with Crippen molar-refractivity contribution < 1.29 is 0 Å². The van der Waals surface area contributed by atoms with Gasteiger partial charge in [0.15, 0.2) is 0 Å². The van der Waals surface area contributed by atoms with E-state index >= 15 is 0 Å². The van der Waals surface area contributed by atoms with Gasteiger partial charge in [0.1, 0.15) is 0 Å². The van der Waals surface area contributed by atoms with Crippen LogP contribution >= 0.6 is 0 Å². The van der Waals surface area contributed by atoms with Crippen molar-refractivity contribution in [1.82, 2.24) is 10.2 Å². The minimum atomic E-state index is -0.151. The second-order valence-corrected chi connectivity index (χ2v) is 2.95. The van der Waals surface area contributed by atoms with Gasteiger partial charge in [-0.25, -0.2) is 5.10 Å². The van der Waals surface area contributed by atoms with Crippen LogP contribution in [0.3, 0.4) is 0 Å². The lowest BCUT2D eigenvalue weighted by molar-refractivity contribution is 0.918. The third-order valence-electron chi connectivity index (χ3n) is 1.99. The quantitative estimate of drug-likeness (QED) is 0.689. The normalized spacial score (nSPS) is 14.2. The Balaban J connectivity index is 3.73. The van der Waals surface area contributed by atoms with Crippen molar-refractivity contribution in [3.63, 3.8) is 0 Å². The molecule has 0 fully saturated rings. The molecular weight excluding hydrogens is 176 g/mol. The highest BCUT2D eigenvalue weighted by molar-refractivity contribution is 5.38. The average Bonchev–Trinajstić information content (AvgIpc) is 2.19. The van der Waals surface area contributed by atoms with Crippen LogP contribution in [0.5, 0.6) is 0 Å². The molecule has 0 aliphatic carbocycles. The van der Waals surface area contributed by atoms with Gasteiger partial charge in [-0.2, -0.15) is 5.10 Å². The molecule has 14 heavy (non-hydrogen) atoms. The highest BCUT2D eigenvalue weighted by Gasteiger charge is 1.94. The Morgan fingerprint density at radius 2 is 2.00 bits per heavy atom. The van der Waals surface area contributed by atoms with Gasteiger partial charge >= 0.3 is 0 Å². The zero-order valence-electron chi connectivity index (χ0n) is 8.66. The fraction of sp³-hybridized carbons (Fsp3) is 0.273. The van der Waals surface area contributed by atoms with E-state index in [0.717, 1.165) is 10.9 Å². The van der Waals surface area contributed by atoms with Gasteiger partial charge in [-0.15, -0.1) is 0 Å². The third-order valence-corrected chi connectivity index (χ3v) is 1.99. The van der Waals surface area contributed by atoms with Crippen LogP contribution in [0.2, 0.25) is 0 Å². The first-order valence-corrected chi connectivity index (χ1v) is 4.55. The molecule has 1 rings (SSSR count). The van der Waals surface area contributed by atoms with Crippen molar-refractivity contribution in [2.45, 2.75) is 20.8 Å². The molecule has 1 N–H and O–H groups in total. The molecule has 3 nitrogen and oxygen atoms in total. The number of aromatic amines is 1. The van der Waals surface area contributed by atoms with Gasteiger partial charge in [0.05, 0.1) is 5.69 Å². The Kier molecular flexibility index (Phi) is 3.40. The van der Waals surface area contributed by atoms with Crippen LogP contribution in [-0.4, -0.2) is 10.2 Å². The first-order chi connectivity index (χ1) is 6.70. The highest BCUT2D eigenvalue weighted by atomic mass is 16.1. The number of hydrogen-bond acceptors (Lipinski definition) is 2. The molecule has 0 radical (unpaired) electrons. The summed E-state index contributed by atoms with van der Waals surface area (Å²) < 4.78 is 0. The van der Waals surface area contributed by atoms with Gasteiger partial charge in [-0.05, 0) is 26.8 Å². The number of hydrogen-bond donors (Lipinski definition) is 1. The molecule has 0 aromatic carbocycles. The summed E-state index contributed by atoms with van der Waals surface area (Å²) >= 11 is 0. The SMILES string of the molecule is C\C=C/C=c1/c(=O)[nH]nc(C)/c1=C/C. The largest absolute Gasteiger partial charge is 0.272 e. The minimum Gasteiger partial charge on any atom is -0.267 e. The second kappa shape index (κ2) is 4.56. The van der Waals surface area contributed by atoms with Gasteiger partial charge in [0.2, 0.25) is 0 Å². The minimum absolute atomic E-state index is 0.151. The van der Waals surface area contributed by atoms with Gasteiger partial charge in [0.25, 0.3) is 5.56 Å². The predicted octanol–water partition coefficient (Wildman–Crippen LogP) is 0.235. The van der Waals surface area contributed by atoms with E-state index in [4.69, 9.17) is 0 Å². The molecule has 0 bridgehead atoms. The van der Waals surface area contributed by atoms with E-state index in [0.29, 0.717) is 5.22 Å². The molecular formula is C11H14N2O. The topological polar surface area (TPSA) is 45.8 Å². The summed E-state index contributed by atoms with van der Waals surface area (Å²) in [5.41, 5.74) is 0.685. The first-order valence-electron chi connectivity index (χ1n) is 4.55. The molecule has 0 spiro atoms. The Hall–Kier alpha value is -1.64. The lowest BCUT2D eigenvalue weighted by Crippen LogP contribution is -2.43. The summed E-state index contributed by atoms with van der Waals surface area (Å²) in [6, 6.07) is 0. The summed E-state index contributed by atoms with van der Waals surface area (Å²) in [5.74, 6) is 0. The molecule has 1 heterocycles. The Labute approximate surface area is 82.5 Å². The van der Waals surface area contributed by atoms with Crippen molar-refractivity contribution in [2.24, 2.45) is 0 Å². The van der Waals surface area contributed by atoms with Crippen LogP contribution in [0.1, 0.15) is 19.5 Å². The smallest absolute Gasteiger partial charge is 0.267 e. The maximum Gasteiger partial charge on any atom is 0.272 e. The molecule has 1 aromatic heterocycles. The second-order valence-electron chi connectivity index (χ2n) is 2.95. The zero-order valence-corrected chi connectivity index (χ0v) is 8.66. The molecule has 0 atom stereocenters. The van der Waals surface area contributed by atoms with Gasteiger partial charge in [-0.1, -0.05) is 18.2 Å². The number of allylic oxidation sites excluding steroid dienone is 2. The third kappa shape index (κ3) is 1.99. The molecule has 0 unspecified atom stereocenters. The van der Waals surface area contributed by atoms with E-state index in [2.05, 4.69) is 10.2 Å². The highest BCUT2D eigenvalue weighted by Crippen LogP contribution is 1.73. The van der Waals surface area contributed by atoms with E-state index in [9.17, 15) is 4.79 Å². The maximum absolute atomic E-state index is 11.5. The number of rotatable bonds is 1. The van der Waals surface area contributed by atoms with Crippen molar-refractivity contribution in [3.8, 4) is 0 Å². The van der Waals surface area contributed by atoms with E-state index in [1.54, 1.807) is 6.08 Å². The van der Waals surface area contributed by atoms with Crippen LogP contribution in [0.4, 0.5) is 0 Å². The van der Waals surface area contributed by atoms with Crippen molar-refractivity contribution in [2.75, 3.05) is 0 Å². The zero-order chi connectivity index (χ0) is 10.6. The number of aromatic nitrogens is 2. The predicted molar refractivity (Wildman–Crippen MR) is 58.3 cm³/mol. The van der Waals surface area contributed by atoms with Crippen LogP contribution in [0.25, 0.3) is 12.2 Å². The molecule has 1 aromatic rings. The van der Waals surface area contributed by atoms with Crippen molar-refractivity contribution >= 4 is 12.2 Å². The lowest BCUT2D eigenvalue weighted by Gasteiger charge is -1.92. The Morgan fingerprint density at radius 1 is 1.29 bits per heavy atom. The molecule has 0 aliphatic rings. The van der Waals surface area contributed by atoms with Crippen molar-refractivity contribution in [1.29, 1.82) is 0 Å².